The first kappa shape index (κ1) is 15.0. The molecular weight excluding hydrogens is 268 g/mol. The van der Waals surface area contributed by atoms with Crippen molar-refractivity contribution in [1.82, 2.24) is 14.8 Å². The van der Waals surface area contributed by atoms with E-state index in [2.05, 4.69) is 15.4 Å². The Labute approximate surface area is 124 Å². The molecule has 0 spiro atoms. The minimum absolute atomic E-state index is 0.0484. The Kier molecular flexibility index (Phi) is 4.57. The first-order chi connectivity index (χ1) is 9.99. The van der Waals surface area contributed by atoms with Gasteiger partial charge in [0.15, 0.2) is 0 Å². The minimum Gasteiger partial charge on any atom is -0.497 e. The van der Waals surface area contributed by atoms with Gasteiger partial charge in [0, 0.05) is 5.69 Å². The fraction of sp³-hybridized carbons (Fsp3) is 0.400. The molecule has 0 fully saturated rings. The second-order valence-corrected chi connectivity index (χ2v) is 5.01. The molecule has 2 rings (SSSR count). The lowest BCUT2D eigenvalue weighted by molar-refractivity contribution is -0.119. The number of amides is 1. The molecule has 6 nitrogen and oxygen atoms in total. The van der Waals surface area contributed by atoms with Crippen molar-refractivity contribution in [2.45, 2.75) is 27.3 Å². The summed E-state index contributed by atoms with van der Waals surface area (Å²) in [5, 5.41) is 7.15. The van der Waals surface area contributed by atoms with Crippen LogP contribution in [-0.4, -0.2) is 27.8 Å². The molecule has 0 aliphatic carbocycles. The lowest BCUT2D eigenvalue weighted by atomic mass is 10.1. The second kappa shape index (κ2) is 6.39. The first-order valence-corrected chi connectivity index (χ1v) is 6.82. The van der Waals surface area contributed by atoms with Crippen molar-refractivity contribution in [3.63, 3.8) is 0 Å². The van der Waals surface area contributed by atoms with Crippen LogP contribution in [0.25, 0.3) is 0 Å². The first-order valence-electron chi connectivity index (χ1n) is 6.82. The third-order valence-corrected chi connectivity index (χ3v) is 3.21. The van der Waals surface area contributed by atoms with Gasteiger partial charge in [-0.1, -0.05) is 6.92 Å². The highest BCUT2D eigenvalue weighted by Gasteiger charge is 2.16. The number of rotatable bonds is 5. The van der Waals surface area contributed by atoms with Crippen molar-refractivity contribution in [1.29, 1.82) is 0 Å². The molecule has 2 aromatic rings. The van der Waals surface area contributed by atoms with E-state index in [0.29, 0.717) is 6.54 Å². The van der Waals surface area contributed by atoms with E-state index in [4.69, 9.17) is 4.74 Å². The highest BCUT2D eigenvalue weighted by molar-refractivity contribution is 5.92. The fourth-order valence-electron chi connectivity index (χ4n) is 2.02. The third-order valence-electron chi connectivity index (χ3n) is 3.21. The largest absolute Gasteiger partial charge is 0.497 e. The van der Waals surface area contributed by atoms with E-state index in [0.717, 1.165) is 23.1 Å². The van der Waals surface area contributed by atoms with E-state index >= 15 is 0 Å². The quantitative estimate of drug-likeness (QED) is 0.915. The highest BCUT2D eigenvalue weighted by atomic mass is 16.5. The number of nitrogens with one attached hydrogen (secondary N) is 1. The number of hydrogen-bond acceptors (Lipinski definition) is 4. The van der Waals surface area contributed by atoms with Gasteiger partial charge in [-0.05, 0) is 38.1 Å². The predicted molar refractivity (Wildman–Crippen MR) is 80.3 cm³/mol. The summed E-state index contributed by atoms with van der Waals surface area (Å²) in [5.41, 5.74) is 0.749. The van der Waals surface area contributed by atoms with Gasteiger partial charge >= 0.3 is 0 Å². The molecule has 0 bridgehead atoms. The van der Waals surface area contributed by atoms with Gasteiger partial charge in [0.25, 0.3) is 0 Å². The van der Waals surface area contributed by atoms with Gasteiger partial charge in [-0.15, -0.1) is 0 Å². The molecule has 1 aromatic carbocycles. The van der Waals surface area contributed by atoms with Crippen LogP contribution in [0.3, 0.4) is 0 Å². The summed E-state index contributed by atoms with van der Waals surface area (Å²) in [6.07, 6.45) is 0. The Bertz CT molecular complexity index is 619. The van der Waals surface area contributed by atoms with Crippen molar-refractivity contribution >= 4 is 11.6 Å². The number of benzene rings is 1. The Morgan fingerprint density at radius 3 is 2.52 bits per heavy atom. The van der Waals surface area contributed by atoms with Gasteiger partial charge in [-0.3, -0.25) is 4.79 Å². The van der Waals surface area contributed by atoms with Crippen LogP contribution in [0.2, 0.25) is 0 Å². The molecule has 0 radical (unpaired) electrons. The summed E-state index contributed by atoms with van der Waals surface area (Å²) < 4.78 is 6.84. The third kappa shape index (κ3) is 3.81. The Balaban J connectivity index is 1.97. The van der Waals surface area contributed by atoms with Crippen LogP contribution < -0.4 is 10.1 Å². The summed E-state index contributed by atoms with van der Waals surface area (Å²) >= 11 is 0. The van der Waals surface area contributed by atoms with Gasteiger partial charge < -0.3 is 10.1 Å². The number of aryl methyl sites for hydroxylation is 2. The number of carbonyl (C=O) groups is 1. The van der Waals surface area contributed by atoms with Crippen LogP contribution in [0.5, 0.6) is 5.75 Å². The van der Waals surface area contributed by atoms with Gasteiger partial charge in [0.2, 0.25) is 5.91 Å². The Morgan fingerprint density at radius 1 is 1.33 bits per heavy atom. The van der Waals surface area contributed by atoms with Crippen LogP contribution in [0.1, 0.15) is 18.6 Å². The zero-order chi connectivity index (χ0) is 15.4. The smallest absolute Gasteiger partial charge is 0.229 e. The molecular formula is C15H20N4O2. The summed E-state index contributed by atoms with van der Waals surface area (Å²) in [5.74, 6) is 2.04. The minimum atomic E-state index is -0.202. The number of anilines is 1. The van der Waals surface area contributed by atoms with E-state index in [1.54, 1.807) is 11.8 Å². The predicted octanol–water partition coefficient (Wildman–Crippen LogP) is 2.18. The summed E-state index contributed by atoms with van der Waals surface area (Å²) in [6, 6.07) is 7.25. The lowest BCUT2D eigenvalue weighted by Gasteiger charge is -2.13. The maximum absolute atomic E-state index is 12.2. The van der Waals surface area contributed by atoms with Gasteiger partial charge in [0.1, 0.15) is 17.4 Å². The molecule has 1 aromatic heterocycles. The van der Waals surface area contributed by atoms with Crippen molar-refractivity contribution in [3.8, 4) is 5.75 Å². The van der Waals surface area contributed by atoms with Crippen LogP contribution in [0.4, 0.5) is 5.69 Å². The van der Waals surface area contributed by atoms with Crippen LogP contribution >= 0.6 is 0 Å². The zero-order valence-electron chi connectivity index (χ0n) is 12.8. The molecule has 0 aliphatic rings. The molecule has 21 heavy (non-hydrogen) atoms. The van der Waals surface area contributed by atoms with E-state index < -0.39 is 0 Å². The average molecular weight is 288 g/mol. The van der Waals surface area contributed by atoms with Gasteiger partial charge in [-0.2, -0.15) is 5.10 Å². The fourth-order valence-corrected chi connectivity index (χ4v) is 2.02. The van der Waals surface area contributed by atoms with Gasteiger partial charge in [0.05, 0.1) is 19.6 Å². The van der Waals surface area contributed by atoms with Gasteiger partial charge in [-0.25, -0.2) is 9.67 Å². The molecule has 1 atom stereocenters. The number of hydrogen-bond donors (Lipinski definition) is 1. The molecule has 0 aliphatic heterocycles. The van der Waals surface area contributed by atoms with E-state index in [1.807, 2.05) is 45.0 Å². The van der Waals surface area contributed by atoms with Crippen molar-refractivity contribution < 1.29 is 9.53 Å². The van der Waals surface area contributed by atoms with Crippen LogP contribution in [0, 0.1) is 19.8 Å². The Morgan fingerprint density at radius 2 is 2.00 bits per heavy atom. The van der Waals surface area contributed by atoms with Crippen molar-refractivity contribution in [3.05, 3.63) is 35.9 Å². The van der Waals surface area contributed by atoms with Crippen molar-refractivity contribution in [2.75, 3.05) is 12.4 Å². The lowest BCUT2D eigenvalue weighted by Crippen LogP contribution is -2.25. The van der Waals surface area contributed by atoms with E-state index in [9.17, 15) is 4.79 Å². The summed E-state index contributed by atoms with van der Waals surface area (Å²) in [7, 11) is 1.61. The average Bonchev–Trinajstić information content (AvgIpc) is 2.77. The van der Waals surface area contributed by atoms with Crippen molar-refractivity contribution in [2.24, 2.45) is 5.92 Å². The molecule has 0 saturated carbocycles. The van der Waals surface area contributed by atoms with Crippen LogP contribution in [-0.2, 0) is 11.3 Å². The molecule has 0 saturated heterocycles. The zero-order valence-corrected chi connectivity index (χ0v) is 12.8. The number of methoxy groups -OCH3 is 1. The van der Waals surface area contributed by atoms with Crippen LogP contribution in [0.15, 0.2) is 24.3 Å². The molecule has 0 unspecified atom stereocenters. The molecule has 6 heteroatoms. The number of nitrogens with zero attached hydrogens (tertiary/aromatic N) is 3. The maximum Gasteiger partial charge on any atom is 0.229 e. The number of ether oxygens (including phenoxy) is 1. The summed E-state index contributed by atoms with van der Waals surface area (Å²) in [6.45, 7) is 6.10. The molecule has 112 valence electrons. The van der Waals surface area contributed by atoms with E-state index in [-0.39, 0.29) is 11.8 Å². The number of carbonyl (C=O) groups excluding carboxylic acids is 1. The maximum atomic E-state index is 12.2. The summed E-state index contributed by atoms with van der Waals surface area (Å²) in [4.78, 5) is 16.4. The molecule has 1 N–H and O–H groups in total. The van der Waals surface area contributed by atoms with E-state index in [1.165, 1.54) is 0 Å². The standard InChI is InChI=1S/C15H20N4O2/c1-10(9-19-12(3)16-11(2)18-19)15(20)17-13-5-7-14(21-4)8-6-13/h5-8,10H,9H2,1-4H3,(H,17,20)/t10-/m1/s1. The SMILES string of the molecule is COc1ccc(NC(=O)[C@H](C)Cn2nc(C)nc2C)cc1. The normalized spacial score (nSPS) is 12.0. The molecule has 1 amide bonds. The second-order valence-electron chi connectivity index (χ2n) is 5.01. The topological polar surface area (TPSA) is 69.0 Å². The monoisotopic (exact) mass is 288 g/mol. The highest BCUT2D eigenvalue weighted by Crippen LogP contribution is 2.16. The molecule has 1 heterocycles. The number of aromatic nitrogens is 3. The Hall–Kier alpha value is -2.37.